The summed E-state index contributed by atoms with van der Waals surface area (Å²) < 4.78 is 26.6. The fourth-order valence-electron chi connectivity index (χ4n) is 2.08. The van der Waals surface area contributed by atoms with Crippen LogP contribution in [0.15, 0.2) is 52.1 Å². The molecular formula is C15H18N2O3S2. The number of hydrogen-bond acceptors (Lipinski definition) is 5. The van der Waals surface area contributed by atoms with Gasteiger partial charge in [-0.25, -0.2) is 13.1 Å². The molecule has 0 radical (unpaired) electrons. The van der Waals surface area contributed by atoms with E-state index >= 15 is 0 Å². The maximum Gasteiger partial charge on any atom is 0.264 e. The van der Waals surface area contributed by atoms with Crippen molar-refractivity contribution in [2.24, 2.45) is 0 Å². The number of carbonyl (C=O) groups excluding carboxylic acids is 1. The summed E-state index contributed by atoms with van der Waals surface area (Å²) in [5.41, 5.74) is 0.755. The normalized spacial score (nSPS) is 13.0. The summed E-state index contributed by atoms with van der Waals surface area (Å²) in [7, 11) is -2.04. The number of nitrogens with zero attached hydrogens (tertiary/aromatic N) is 1. The Morgan fingerprint density at radius 3 is 2.50 bits per heavy atom. The van der Waals surface area contributed by atoms with Crippen molar-refractivity contribution >= 4 is 27.3 Å². The standard InChI is InChI=1S/C15H18N2O3S2/c1-3-17(2)14(12-7-5-4-6-8-12)15(18)16-22(19,20)13-9-10-21-11-13/h4-11,14H,3H2,1-2H3,(H,16,18). The molecule has 1 N–H and O–H groups in total. The third-order valence-electron chi connectivity index (χ3n) is 3.34. The van der Waals surface area contributed by atoms with Gasteiger partial charge in [0.05, 0.1) is 4.90 Å². The lowest BCUT2D eigenvalue weighted by Crippen LogP contribution is -2.41. The SMILES string of the molecule is CCN(C)C(C(=O)NS(=O)(=O)c1ccsc1)c1ccccc1. The number of likely N-dealkylation sites (N-methyl/N-ethyl adjacent to an activating group) is 1. The van der Waals surface area contributed by atoms with Crippen LogP contribution in [0.25, 0.3) is 0 Å². The molecule has 0 saturated carbocycles. The molecule has 0 aliphatic heterocycles. The van der Waals surface area contributed by atoms with E-state index in [2.05, 4.69) is 4.72 Å². The van der Waals surface area contributed by atoms with Gasteiger partial charge in [0.15, 0.2) is 0 Å². The highest BCUT2D eigenvalue weighted by molar-refractivity contribution is 7.90. The van der Waals surface area contributed by atoms with Gasteiger partial charge in [-0.1, -0.05) is 37.3 Å². The molecule has 2 aromatic rings. The van der Waals surface area contributed by atoms with E-state index in [0.29, 0.717) is 6.54 Å². The number of sulfonamides is 1. The monoisotopic (exact) mass is 338 g/mol. The van der Waals surface area contributed by atoms with Crippen molar-refractivity contribution in [1.82, 2.24) is 9.62 Å². The third-order valence-corrected chi connectivity index (χ3v) is 5.52. The fourth-order valence-corrected chi connectivity index (χ4v) is 4.09. The second kappa shape index (κ2) is 7.04. The van der Waals surface area contributed by atoms with Gasteiger partial charge in [-0.15, -0.1) is 0 Å². The molecule has 7 heteroatoms. The van der Waals surface area contributed by atoms with Crippen molar-refractivity contribution in [3.8, 4) is 0 Å². The van der Waals surface area contributed by atoms with Crippen LogP contribution in [-0.4, -0.2) is 32.8 Å². The Labute approximate surface area is 134 Å². The molecule has 0 bridgehead atoms. The highest BCUT2D eigenvalue weighted by Gasteiger charge is 2.28. The molecule has 2 rings (SSSR count). The van der Waals surface area contributed by atoms with Gasteiger partial charge >= 0.3 is 0 Å². The van der Waals surface area contributed by atoms with Crippen LogP contribution >= 0.6 is 11.3 Å². The minimum absolute atomic E-state index is 0.108. The Bertz CT molecular complexity index is 713. The number of amides is 1. The molecule has 0 aliphatic rings. The van der Waals surface area contributed by atoms with E-state index in [1.807, 2.05) is 37.3 Å². The molecule has 22 heavy (non-hydrogen) atoms. The van der Waals surface area contributed by atoms with E-state index in [9.17, 15) is 13.2 Å². The van der Waals surface area contributed by atoms with Gasteiger partial charge in [0.1, 0.15) is 6.04 Å². The Balaban J connectivity index is 2.27. The summed E-state index contributed by atoms with van der Waals surface area (Å²) in [6.45, 7) is 2.53. The highest BCUT2D eigenvalue weighted by atomic mass is 32.2. The first-order valence-electron chi connectivity index (χ1n) is 6.79. The third kappa shape index (κ3) is 3.73. The predicted octanol–water partition coefficient (Wildman–Crippen LogP) is 2.25. The summed E-state index contributed by atoms with van der Waals surface area (Å²) in [6, 6.07) is 9.95. The lowest BCUT2D eigenvalue weighted by Gasteiger charge is -2.26. The Morgan fingerprint density at radius 2 is 1.95 bits per heavy atom. The molecule has 1 amide bonds. The molecule has 5 nitrogen and oxygen atoms in total. The van der Waals surface area contributed by atoms with E-state index < -0.39 is 22.0 Å². The van der Waals surface area contributed by atoms with E-state index in [1.54, 1.807) is 17.3 Å². The molecule has 1 heterocycles. The predicted molar refractivity (Wildman–Crippen MR) is 87.1 cm³/mol. The summed E-state index contributed by atoms with van der Waals surface area (Å²) >= 11 is 1.27. The zero-order valence-electron chi connectivity index (χ0n) is 12.4. The van der Waals surface area contributed by atoms with E-state index in [4.69, 9.17) is 0 Å². The molecule has 0 fully saturated rings. The van der Waals surface area contributed by atoms with Crippen LogP contribution in [0.4, 0.5) is 0 Å². The number of rotatable bonds is 6. The van der Waals surface area contributed by atoms with Gasteiger partial charge < -0.3 is 0 Å². The average molecular weight is 338 g/mol. The van der Waals surface area contributed by atoms with Gasteiger partial charge in [0, 0.05) is 5.38 Å². The summed E-state index contributed by atoms with van der Waals surface area (Å²) in [5.74, 6) is -0.554. The smallest absolute Gasteiger partial charge is 0.264 e. The van der Waals surface area contributed by atoms with E-state index in [-0.39, 0.29) is 4.90 Å². The number of hydrogen-bond donors (Lipinski definition) is 1. The molecular weight excluding hydrogens is 320 g/mol. The van der Waals surface area contributed by atoms with Crippen LogP contribution < -0.4 is 4.72 Å². The summed E-state index contributed by atoms with van der Waals surface area (Å²) in [5, 5.41) is 3.16. The zero-order valence-corrected chi connectivity index (χ0v) is 14.0. The van der Waals surface area contributed by atoms with Gasteiger partial charge in [-0.05, 0) is 30.6 Å². The van der Waals surface area contributed by atoms with Crippen LogP contribution in [0.1, 0.15) is 18.5 Å². The van der Waals surface area contributed by atoms with Crippen molar-refractivity contribution in [2.45, 2.75) is 17.9 Å². The van der Waals surface area contributed by atoms with E-state index in [0.717, 1.165) is 5.56 Å². The first-order valence-corrected chi connectivity index (χ1v) is 9.22. The maximum atomic E-state index is 12.5. The van der Waals surface area contributed by atoms with Gasteiger partial charge in [-0.2, -0.15) is 11.3 Å². The number of nitrogens with one attached hydrogen (secondary N) is 1. The lowest BCUT2D eigenvalue weighted by molar-refractivity contribution is -0.124. The quantitative estimate of drug-likeness (QED) is 0.877. The molecule has 0 spiro atoms. The average Bonchev–Trinajstić information content (AvgIpc) is 3.03. The summed E-state index contributed by atoms with van der Waals surface area (Å²) in [6.07, 6.45) is 0. The van der Waals surface area contributed by atoms with Crippen molar-refractivity contribution in [2.75, 3.05) is 13.6 Å². The van der Waals surface area contributed by atoms with Crippen molar-refractivity contribution in [3.05, 3.63) is 52.7 Å². The largest absolute Gasteiger partial charge is 0.292 e. The number of carbonyl (C=O) groups is 1. The lowest BCUT2D eigenvalue weighted by atomic mass is 10.1. The molecule has 1 aromatic heterocycles. The Kier molecular flexibility index (Phi) is 5.33. The van der Waals surface area contributed by atoms with Crippen molar-refractivity contribution in [3.63, 3.8) is 0 Å². The fraction of sp³-hybridized carbons (Fsp3) is 0.267. The minimum Gasteiger partial charge on any atom is -0.292 e. The number of thiophene rings is 1. The molecule has 1 atom stereocenters. The maximum absolute atomic E-state index is 12.5. The molecule has 0 saturated heterocycles. The van der Waals surface area contributed by atoms with Crippen LogP contribution in [0.3, 0.4) is 0 Å². The number of benzene rings is 1. The molecule has 0 aliphatic carbocycles. The summed E-state index contributed by atoms with van der Waals surface area (Å²) in [4.78, 5) is 14.4. The van der Waals surface area contributed by atoms with Gasteiger partial charge in [0.25, 0.3) is 15.9 Å². The van der Waals surface area contributed by atoms with Crippen LogP contribution in [0.5, 0.6) is 0 Å². The Morgan fingerprint density at radius 1 is 1.27 bits per heavy atom. The van der Waals surface area contributed by atoms with Crippen molar-refractivity contribution < 1.29 is 13.2 Å². The molecule has 118 valence electrons. The highest BCUT2D eigenvalue weighted by Crippen LogP contribution is 2.21. The van der Waals surface area contributed by atoms with Crippen molar-refractivity contribution in [1.29, 1.82) is 0 Å². The van der Waals surface area contributed by atoms with Gasteiger partial charge in [0.2, 0.25) is 0 Å². The second-order valence-corrected chi connectivity index (χ2v) is 7.28. The van der Waals surface area contributed by atoms with Crippen LogP contribution in [0, 0.1) is 0 Å². The topological polar surface area (TPSA) is 66.5 Å². The second-order valence-electron chi connectivity index (χ2n) is 4.82. The van der Waals surface area contributed by atoms with Crippen LogP contribution in [0.2, 0.25) is 0 Å². The van der Waals surface area contributed by atoms with Gasteiger partial charge in [-0.3, -0.25) is 9.69 Å². The van der Waals surface area contributed by atoms with Crippen LogP contribution in [-0.2, 0) is 14.8 Å². The molecule has 1 unspecified atom stereocenters. The Hall–Kier alpha value is -1.70. The minimum atomic E-state index is -3.83. The first-order chi connectivity index (χ1) is 10.5. The van der Waals surface area contributed by atoms with E-state index in [1.165, 1.54) is 22.8 Å². The zero-order chi connectivity index (χ0) is 16.2. The first kappa shape index (κ1) is 16.7. The molecule has 1 aromatic carbocycles.